The highest BCUT2D eigenvalue weighted by atomic mass is 19.4. The molecule has 0 heterocycles. The van der Waals surface area contributed by atoms with Crippen molar-refractivity contribution in [3.05, 3.63) is 29.1 Å². The first-order valence-electron chi connectivity index (χ1n) is 3.94. The zero-order valence-corrected chi connectivity index (χ0v) is 7.65. The third kappa shape index (κ3) is 2.26. The summed E-state index contributed by atoms with van der Waals surface area (Å²) in [4.78, 5) is 10.1. The van der Waals surface area contributed by atoms with Gasteiger partial charge in [0.15, 0.2) is 0 Å². The Labute approximate surface area is 82.9 Å². The fourth-order valence-corrected chi connectivity index (χ4v) is 1.24. The third-order valence-electron chi connectivity index (χ3n) is 1.90. The van der Waals surface area contributed by atoms with E-state index in [4.69, 9.17) is 0 Å². The van der Waals surface area contributed by atoms with Crippen molar-refractivity contribution in [2.75, 3.05) is 5.32 Å². The van der Waals surface area contributed by atoms with E-state index in [9.17, 15) is 22.4 Å². The summed E-state index contributed by atoms with van der Waals surface area (Å²) < 4.78 is 50.4. The number of anilines is 1. The molecule has 1 aromatic carbocycles. The number of amides is 1. The van der Waals surface area contributed by atoms with E-state index in [0.29, 0.717) is 0 Å². The van der Waals surface area contributed by atoms with Crippen LogP contribution < -0.4 is 5.32 Å². The van der Waals surface area contributed by atoms with Crippen molar-refractivity contribution in [3.8, 4) is 0 Å². The number of halogens is 4. The fraction of sp³-hybridized carbons (Fsp3) is 0.222. The number of carbonyl (C=O) groups excluding carboxylic acids is 1. The Bertz CT molecular complexity index is 386. The lowest BCUT2D eigenvalue weighted by atomic mass is 10.1. The number of alkyl halides is 3. The molecule has 0 saturated carbocycles. The maximum Gasteiger partial charge on any atom is 0.418 e. The molecule has 0 radical (unpaired) electrons. The normalized spacial score (nSPS) is 11.3. The van der Waals surface area contributed by atoms with E-state index < -0.39 is 28.8 Å². The number of hydrogen-bond donors (Lipinski definition) is 1. The summed E-state index contributed by atoms with van der Waals surface area (Å²) >= 11 is 0. The topological polar surface area (TPSA) is 29.1 Å². The molecule has 0 bridgehead atoms. The van der Waals surface area contributed by atoms with Crippen LogP contribution in [0.4, 0.5) is 23.2 Å². The first-order valence-corrected chi connectivity index (χ1v) is 3.94. The molecule has 15 heavy (non-hydrogen) atoms. The molecule has 0 aliphatic heterocycles. The fourth-order valence-electron chi connectivity index (χ4n) is 1.24. The molecule has 0 unspecified atom stereocenters. The largest absolute Gasteiger partial charge is 0.418 e. The van der Waals surface area contributed by atoms with Crippen LogP contribution in [0.15, 0.2) is 12.1 Å². The predicted molar refractivity (Wildman–Crippen MR) is 45.8 cm³/mol. The number of rotatable bonds is 2. The number of nitrogens with one attached hydrogen (secondary N) is 1. The molecule has 6 heteroatoms. The van der Waals surface area contributed by atoms with Crippen LogP contribution in [0.1, 0.15) is 11.1 Å². The zero-order valence-electron chi connectivity index (χ0n) is 7.65. The summed E-state index contributed by atoms with van der Waals surface area (Å²) in [6, 6.07) is 1.75. The molecule has 1 N–H and O–H groups in total. The molecular formula is C9H7F4NO. The number of hydrogen-bond acceptors (Lipinski definition) is 1. The first-order chi connectivity index (χ1) is 6.88. The van der Waals surface area contributed by atoms with Crippen molar-refractivity contribution >= 4 is 12.1 Å². The first kappa shape index (κ1) is 11.5. The molecular weight excluding hydrogens is 214 g/mol. The molecule has 0 aliphatic carbocycles. The van der Waals surface area contributed by atoms with Gasteiger partial charge in [-0.3, -0.25) is 4.79 Å². The molecule has 1 aromatic rings. The Morgan fingerprint density at radius 2 is 1.93 bits per heavy atom. The minimum absolute atomic E-state index is 0.113. The smallest absolute Gasteiger partial charge is 0.328 e. The Balaban J connectivity index is 3.41. The van der Waals surface area contributed by atoms with Gasteiger partial charge in [0.1, 0.15) is 5.82 Å². The van der Waals surface area contributed by atoms with E-state index in [1.54, 1.807) is 0 Å². The van der Waals surface area contributed by atoms with Crippen LogP contribution in [0.25, 0.3) is 0 Å². The van der Waals surface area contributed by atoms with Gasteiger partial charge in [0, 0.05) is 0 Å². The predicted octanol–water partition coefficient (Wildman–Crippen LogP) is 2.72. The van der Waals surface area contributed by atoms with Gasteiger partial charge in [-0.1, -0.05) is 0 Å². The van der Waals surface area contributed by atoms with Gasteiger partial charge in [-0.25, -0.2) is 4.39 Å². The lowest BCUT2D eigenvalue weighted by Crippen LogP contribution is -2.13. The number of carbonyl (C=O) groups is 1. The van der Waals surface area contributed by atoms with Crippen molar-refractivity contribution in [2.45, 2.75) is 13.1 Å². The van der Waals surface area contributed by atoms with Crippen LogP contribution in [0.2, 0.25) is 0 Å². The van der Waals surface area contributed by atoms with E-state index in [1.165, 1.54) is 0 Å². The van der Waals surface area contributed by atoms with Gasteiger partial charge >= 0.3 is 6.18 Å². The number of benzene rings is 1. The van der Waals surface area contributed by atoms with Crippen LogP contribution in [0.5, 0.6) is 0 Å². The maximum atomic E-state index is 12.9. The summed E-state index contributed by atoms with van der Waals surface area (Å²) in [5.74, 6) is -0.959. The Hall–Kier alpha value is -1.59. The van der Waals surface area contributed by atoms with E-state index in [-0.39, 0.29) is 6.41 Å². The zero-order chi connectivity index (χ0) is 11.6. The Kier molecular flexibility index (Phi) is 2.97. The van der Waals surface area contributed by atoms with Gasteiger partial charge in [0.2, 0.25) is 6.41 Å². The van der Waals surface area contributed by atoms with Crippen LogP contribution in [0, 0.1) is 12.7 Å². The SMILES string of the molecule is Cc1c(F)ccc(NC=O)c1C(F)(F)F. The van der Waals surface area contributed by atoms with Crippen LogP contribution in [-0.2, 0) is 11.0 Å². The monoisotopic (exact) mass is 221 g/mol. The Morgan fingerprint density at radius 1 is 1.33 bits per heavy atom. The summed E-state index contributed by atoms with van der Waals surface area (Å²) in [5.41, 5.74) is -2.14. The average molecular weight is 221 g/mol. The second-order valence-corrected chi connectivity index (χ2v) is 2.85. The van der Waals surface area contributed by atoms with Gasteiger partial charge in [-0.15, -0.1) is 0 Å². The molecule has 1 amide bonds. The quantitative estimate of drug-likeness (QED) is 0.603. The van der Waals surface area contributed by atoms with E-state index in [1.807, 2.05) is 5.32 Å². The lowest BCUT2D eigenvalue weighted by Gasteiger charge is -2.14. The van der Waals surface area contributed by atoms with Gasteiger partial charge in [-0.05, 0) is 24.6 Å². The van der Waals surface area contributed by atoms with Crippen molar-refractivity contribution in [1.82, 2.24) is 0 Å². The van der Waals surface area contributed by atoms with Crippen molar-refractivity contribution in [2.24, 2.45) is 0 Å². The van der Waals surface area contributed by atoms with Gasteiger partial charge < -0.3 is 5.32 Å². The summed E-state index contributed by atoms with van der Waals surface area (Å²) in [6.07, 6.45) is -4.58. The summed E-state index contributed by atoms with van der Waals surface area (Å²) in [6.45, 7) is 1.01. The highest BCUT2D eigenvalue weighted by Gasteiger charge is 2.36. The van der Waals surface area contributed by atoms with Crippen LogP contribution >= 0.6 is 0 Å². The van der Waals surface area contributed by atoms with Crippen molar-refractivity contribution < 1.29 is 22.4 Å². The Morgan fingerprint density at radius 3 is 2.40 bits per heavy atom. The molecule has 0 spiro atoms. The lowest BCUT2D eigenvalue weighted by molar-refractivity contribution is -0.137. The van der Waals surface area contributed by atoms with Crippen molar-refractivity contribution in [3.63, 3.8) is 0 Å². The van der Waals surface area contributed by atoms with Crippen molar-refractivity contribution in [1.29, 1.82) is 0 Å². The van der Waals surface area contributed by atoms with Gasteiger partial charge in [0.05, 0.1) is 11.3 Å². The van der Waals surface area contributed by atoms with Gasteiger partial charge in [-0.2, -0.15) is 13.2 Å². The maximum absolute atomic E-state index is 12.9. The second-order valence-electron chi connectivity index (χ2n) is 2.85. The molecule has 2 nitrogen and oxygen atoms in total. The van der Waals surface area contributed by atoms with Crippen LogP contribution in [-0.4, -0.2) is 6.41 Å². The average Bonchev–Trinajstić information content (AvgIpc) is 2.10. The minimum atomic E-state index is -4.70. The van der Waals surface area contributed by atoms with E-state index >= 15 is 0 Å². The van der Waals surface area contributed by atoms with Crippen LogP contribution in [0.3, 0.4) is 0 Å². The highest BCUT2D eigenvalue weighted by molar-refractivity contribution is 5.74. The standard InChI is InChI=1S/C9H7F4NO/c1-5-6(10)2-3-7(14-4-15)8(5)9(11,12)13/h2-4H,1H3,(H,14,15). The molecule has 0 fully saturated rings. The molecule has 82 valence electrons. The molecule has 0 saturated heterocycles. The molecule has 1 rings (SSSR count). The highest BCUT2D eigenvalue weighted by Crippen LogP contribution is 2.37. The summed E-state index contributed by atoms with van der Waals surface area (Å²) in [7, 11) is 0. The molecule has 0 aliphatic rings. The second kappa shape index (κ2) is 3.88. The minimum Gasteiger partial charge on any atom is -0.328 e. The summed E-state index contributed by atoms with van der Waals surface area (Å²) in [5, 5.41) is 1.88. The third-order valence-corrected chi connectivity index (χ3v) is 1.90. The molecule has 0 atom stereocenters. The van der Waals surface area contributed by atoms with Gasteiger partial charge in [0.25, 0.3) is 0 Å². The van der Waals surface area contributed by atoms with E-state index in [0.717, 1.165) is 19.1 Å². The van der Waals surface area contributed by atoms with E-state index in [2.05, 4.69) is 0 Å². The molecule has 0 aromatic heterocycles.